The van der Waals surface area contributed by atoms with E-state index in [0.29, 0.717) is 11.3 Å². The van der Waals surface area contributed by atoms with Gasteiger partial charge in [-0.1, -0.05) is 12.1 Å². The molecule has 0 radical (unpaired) electrons. The number of carbonyl (C=O) groups is 2. The van der Waals surface area contributed by atoms with E-state index >= 15 is 0 Å². The van der Waals surface area contributed by atoms with Gasteiger partial charge in [-0.3, -0.25) is 14.8 Å². The van der Waals surface area contributed by atoms with Gasteiger partial charge < -0.3 is 10.4 Å². The Balaban J connectivity index is 1.90. The van der Waals surface area contributed by atoms with E-state index in [2.05, 4.69) is 15.5 Å². The molecule has 0 fully saturated rings. The first-order chi connectivity index (χ1) is 10.8. The average molecular weight is 318 g/mol. The van der Waals surface area contributed by atoms with Crippen LogP contribution in [0.25, 0.3) is 0 Å². The SMILES string of the molecule is CC1(C)c2[nH]nc(NC(=O)c3ccccc3F)c2CN1C(=O)O. The minimum absolute atomic E-state index is 0.0983. The van der Waals surface area contributed by atoms with Crippen LogP contribution in [-0.2, 0) is 12.1 Å². The number of nitrogens with one attached hydrogen (secondary N) is 2. The number of nitrogens with zero attached hydrogens (tertiary/aromatic N) is 2. The minimum atomic E-state index is -1.06. The number of H-pyrrole nitrogens is 1. The highest BCUT2D eigenvalue weighted by molar-refractivity contribution is 6.04. The molecule has 2 heterocycles. The van der Waals surface area contributed by atoms with Crippen LogP contribution in [0.3, 0.4) is 0 Å². The topological polar surface area (TPSA) is 98.3 Å². The highest BCUT2D eigenvalue weighted by atomic mass is 19.1. The number of benzene rings is 1. The number of carboxylic acid groups (broad SMARTS) is 1. The van der Waals surface area contributed by atoms with Crippen LogP contribution in [0.4, 0.5) is 15.0 Å². The molecule has 1 aromatic heterocycles. The Bertz CT molecular complexity index is 800. The lowest BCUT2D eigenvalue weighted by atomic mass is 10.0. The maximum absolute atomic E-state index is 13.7. The van der Waals surface area contributed by atoms with Crippen molar-refractivity contribution in [3.05, 3.63) is 46.9 Å². The number of fused-ring (bicyclic) bond motifs is 1. The first-order valence-corrected chi connectivity index (χ1v) is 6.96. The Morgan fingerprint density at radius 2 is 2.09 bits per heavy atom. The summed E-state index contributed by atoms with van der Waals surface area (Å²) >= 11 is 0. The number of hydrogen-bond acceptors (Lipinski definition) is 3. The van der Waals surface area contributed by atoms with Gasteiger partial charge in [0.05, 0.1) is 23.3 Å². The van der Waals surface area contributed by atoms with Crippen LogP contribution in [0, 0.1) is 5.82 Å². The number of carbonyl (C=O) groups excluding carboxylic acids is 1. The smallest absolute Gasteiger partial charge is 0.408 e. The summed E-state index contributed by atoms with van der Waals surface area (Å²) in [6, 6.07) is 5.61. The van der Waals surface area contributed by atoms with Crippen molar-refractivity contribution in [1.29, 1.82) is 0 Å². The van der Waals surface area contributed by atoms with Gasteiger partial charge >= 0.3 is 6.09 Å². The summed E-state index contributed by atoms with van der Waals surface area (Å²) in [7, 11) is 0. The van der Waals surface area contributed by atoms with Gasteiger partial charge in [0, 0.05) is 5.56 Å². The van der Waals surface area contributed by atoms with E-state index in [9.17, 15) is 19.1 Å². The van der Waals surface area contributed by atoms with Gasteiger partial charge in [0.15, 0.2) is 5.82 Å². The maximum Gasteiger partial charge on any atom is 0.408 e. The number of aromatic nitrogens is 2. The van der Waals surface area contributed by atoms with Crippen LogP contribution in [0.5, 0.6) is 0 Å². The zero-order chi connectivity index (χ0) is 16.8. The number of aromatic amines is 1. The summed E-state index contributed by atoms with van der Waals surface area (Å²) in [5.41, 5.74) is 0.317. The Morgan fingerprint density at radius 3 is 2.74 bits per heavy atom. The molecule has 0 saturated carbocycles. The molecule has 120 valence electrons. The normalized spacial score (nSPS) is 15.3. The van der Waals surface area contributed by atoms with E-state index in [0.717, 1.165) is 0 Å². The molecule has 0 spiro atoms. The molecule has 7 nitrogen and oxygen atoms in total. The van der Waals surface area contributed by atoms with Gasteiger partial charge in [-0.2, -0.15) is 5.10 Å². The Kier molecular flexibility index (Phi) is 3.32. The maximum atomic E-state index is 13.7. The van der Waals surface area contributed by atoms with E-state index in [1.807, 2.05) is 0 Å². The molecule has 0 atom stereocenters. The van der Waals surface area contributed by atoms with E-state index in [-0.39, 0.29) is 17.9 Å². The Morgan fingerprint density at radius 1 is 1.39 bits per heavy atom. The summed E-state index contributed by atoms with van der Waals surface area (Å²) in [5, 5.41) is 18.6. The third-order valence-electron chi connectivity index (χ3n) is 4.05. The van der Waals surface area contributed by atoms with Crippen molar-refractivity contribution in [2.24, 2.45) is 0 Å². The molecule has 2 aromatic rings. The number of amides is 2. The lowest BCUT2D eigenvalue weighted by Gasteiger charge is -2.28. The van der Waals surface area contributed by atoms with Crippen molar-refractivity contribution in [3.8, 4) is 0 Å². The molecule has 2 amide bonds. The molecule has 8 heteroatoms. The third-order valence-corrected chi connectivity index (χ3v) is 4.05. The van der Waals surface area contributed by atoms with Crippen molar-refractivity contribution >= 4 is 17.8 Å². The second kappa shape index (κ2) is 5.08. The number of hydrogen-bond donors (Lipinski definition) is 3. The fraction of sp³-hybridized carbons (Fsp3) is 0.267. The summed E-state index contributed by atoms with van der Waals surface area (Å²) in [5.74, 6) is -1.06. The van der Waals surface area contributed by atoms with Crippen molar-refractivity contribution in [2.75, 3.05) is 5.32 Å². The summed E-state index contributed by atoms with van der Waals surface area (Å²) in [4.78, 5) is 24.8. The fourth-order valence-corrected chi connectivity index (χ4v) is 2.75. The largest absolute Gasteiger partial charge is 0.465 e. The van der Waals surface area contributed by atoms with Gasteiger partial charge in [-0.25, -0.2) is 9.18 Å². The van der Waals surface area contributed by atoms with Gasteiger partial charge in [-0.05, 0) is 26.0 Å². The van der Waals surface area contributed by atoms with Crippen LogP contribution >= 0.6 is 0 Å². The van der Waals surface area contributed by atoms with Crippen molar-refractivity contribution in [2.45, 2.75) is 25.9 Å². The second-order valence-electron chi connectivity index (χ2n) is 5.79. The molecule has 0 aliphatic carbocycles. The van der Waals surface area contributed by atoms with Gasteiger partial charge in [0.25, 0.3) is 5.91 Å². The van der Waals surface area contributed by atoms with Crippen molar-refractivity contribution in [3.63, 3.8) is 0 Å². The van der Waals surface area contributed by atoms with E-state index in [4.69, 9.17) is 0 Å². The first-order valence-electron chi connectivity index (χ1n) is 6.96. The molecule has 1 aliphatic heterocycles. The summed E-state index contributed by atoms with van der Waals surface area (Å²) < 4.78 is 13.7. The van der Waals surface area contributed by atoms with Gasteiger partial charge in [0.2, 0.25) is 0 Å². The summed E-state index contributed by atoms with van der Waals surface area (Å²) in [6.07, 6.45) is -1.06. The Labute approximate surface area is 131 Å². The number of rotatable bonds is 2. The van der Waals surface area contributed by atoms with E-state index < -0.39 is 23.4 Å². The fourth-order valence-electron chi connectivity index (χ4n) is 2.75. The molecule has 1 aromatic carbocycles. The molecule has 0 bridgehead atoms. The highest BCUT2D eigenvalue weighted by Crippen LogP contribution is 2.40. The van der Waals surface area contributed by atoms with Crippen molar-refractivity contribution in [1.82, 2.24) is 15.1 Å². The van der Waals surface area contributed by atoms with Gasteiger partial charge in [0.1, 0.15) is 5.82 Å². The zero-order valence-corrected chi connectivity index (χ0v) is 12.6. The third kappa shape index (κ3) is 2.32. The van der Waals surface area contributed by atoms with E-state index in [1.165, 1.54) is 23.1 Å². The quantitative estimate of drug-likeness (QED) is 0.792. The molecular weight excluding hydrogens is 303 g/mol. The lowest BCUT2D eigenvalue weighted by molar-refractivity contribution is 0.0978. The number of halogens is 1. The van der Waals surface area contributed by atoms with Crippen LogP contribution in [0.15, 0.2) is 24.3 Å². The molecular formula is C15H15FN4O3. The van der Waals surface area contributed by atoms with Crippen LogP contribution in [-0.4, -0.2) is 32.2 Å². The predicted octanol–water partition coefficient (Wildman–Crippen LogP) is 2.53. The molecule has 23 heavy (non-hydrogen) atoms. The first kappa shape index (κ1) is 15.0. The second-order valence-corrected chi connectivity index (χ2v) is 5.79. The van der Waals surface area contributed by atoms with E-state index in [1.54, 1.807) is 19.9 Å². The van der Waals surface area contributed by atoms with Crippen molar-refractivity contribution < 1.29 is 19.1 Å². The Hall–Kier alpha value is -2.90. The molecule has 1 aliphatic rings. The van der Waals surface area contributed by atoms with Gasteiger partial charge in [-0.15, -0.1) is 0 Å². The molecule has 3 rings (SSSR count). The standard InChI is InChI=1S/C15H15FN4O3/c1-15(2)11-9(7-20(15)14(22)23)12(19-18-11)17-13(21)8-5-3-4-6-10(8)16/h3-6H,7H2,1-2H3,(H,22,23)(H2,17,18,19,21). The van der Waals surface area contributed by atoms with Crippen LogP contribution < -0.4 is 5.32 Å². The zero-order valence-electron chi connectivity index (χ0n) is 12.6. The number of anilines is 1. The lowest BCUT2D eigenvalue weighted by Crippen LogP contribution is -2.39. The monoisotopic (exact) mass is 318 g/mol. The molecule has 0 saturated heterocycles. The molecule has 3 N–H and O–H groups in total. The predicted molar refractivity (Wildman–Crippen MR) is 79.5 cm³/mol. The highest BCUT2D eigenvalue weighted by Gasteiger charge is 2.44. The summed E-state index contributed by atoms with van der Waals surface area (Å²) in [6.45, 7) is 3.59. The van der Waals surface area contributed by atoms with Crippen LogP contribution in [0.1, 0.15) is 35.5 Å². The average Bonchev–Trinajstić information content (AvgIpc) is 2.99. The molecule has 0 unspecified atom stereocenters. The van der Waals surface area contributed by atoms with Crippen LogP contribution in [0.2, 0.25) is 0 Å². The minimum Gasteiger partial charge on any atom is -0.465 e.